The highest BCUT2D eigenvalue weighted by molar-refractivity contribution is 14.0. The van der Waals surface area contributed by atoms with Gasteiger partial charge in [0.2, 0.25) is 0 Å². The summed E-state index contributed by atoms with van der Waals surface area (Å²) in [5, 5.41) is 7.15. The van der Waals surface area contributed by atoms with E-state index in [0.29, 0.717) is 23.9 Å². The van der Waals surface area contributed by atoms with Crippen LogP contribution < -0.4 is 10.6 Å². The molecular formula is C17H28ClIN4O2S. The van der Waals surface area contributed by atoms with E-state index >= 15 is 0 Å². The Hall–Kier alpha value is -0.580. The van der Waals surface area contributed by atoms with Gasteiger partial charge in [-0.2, -0.15) is 0 Å². The van der Waals surface area contributed by atoms with Crippen molar-refractivity contribution in [1.82, 2.24) is 15.5 Å². The number of aliphatic imine (C=N–C) groups is 1. The molecule has 148 valence electrons. The zero-order valence-corrected chi connectivity index (χ0v) is 19.3. The molecule has 1 aliphatic rings. The average molecular weight is 515 g/mol. The van der Waals surface area contributed by atoms with Gasteiger partial charge in [0.1, 0.15) is 0 Å². The van der Waals surface area contributed by atoms with Crippen LogP contribution in [0.25, 0.3) is 0 Å². The molecule has 1 aromatic carbocycles. The van der Waals surface area contributed by atoms with E-state index in [0.717, 1.165) is 12.1 Å². The van der Waals surface area contributed by atoms with Crippen molar-refractivity contribution in [2.75, 3.05) is 38.7 Å². The molecule has 1 aromatic rings. The van der Waals surface area contributed by atoms with E-state index in [1.807, 2.05) is 45.3 Å². The van der Waals surface area contributed by atoms with Crippen LogP contribution >= 0.6 is 35.6 Å². The van der Waals surface area contributed by atoms with E-state index in [1.165, 1.54) is 0 Å². The lowest BCUT2D eigenvalue weighted by atomic mass is 10.1. The molecular weight excluding hydrogens is 487 g/mol. The van der Waals surface area contributed by atoms with Crippen LogP contribution in [0.5, 0.6) is 0 Å². The second-order valence-corrected chi connectivity index (χ2v) is 9.16. The van der Waals surface area contributed by atoms with Crippen molar-refractivity contribution >= 4 is 51.4 Å². The summed E-state index contributed by atoms with van der Waals surface area (Å²) in [6.07, 6.45) is 0.626. The number of nitrogens with zero attached hydrogens (tertiary/aromatic N) is 2. The van der Waals surface area contributed by atoms with Crippen LogP contribution in [0.2, 0.25) is 5.02 Å². The van der Waals surface area contributed by atoms with Gasteiger partial charge in [0, 0.05) is 17.6 Å². The van der Waals surface area contributed by atoms with E-state index in [-0.39, 0.29) is 47.6 Å². The molecule has 0 amide bonds. The molecule has 2 rings (SSSR count). The second-order valence-electron chi connectivity index (χ2n) is 6.49. The van der Waals surface area contributed by atoms with Gasteiger partial charge in [-0.1, -0.05) is 23.7 Å². The lowest BCUT2D eigenvalue weighted by Crippen LogP contribution is -2.44. The van der Waals surface area contributed by atoms with Crippen molar-refractivity contribution in [2.45, 2.75) is 25.4 Å². The van der Waals surface area contributed by atoms with E-state index in [4.69, 9.17) is 11.6 Å². The van der Waals surface area contributed by atoms with E-state index < -0.39 is 9.84 Å². The molecule has 0 radical (unpaired) electrons. The Labute approximate surface area is 178 Å². The molecule has 1 heterocycles. The quantitative estimate of drug-likeness (QED) is 0.346. The topological polar surface area (TPSA) is 73.8 Å². The molecule has 0 spiro atoms. The number of nitrogens with one attached hydrogen (secondary N) is 2. The number of hydrogen-bond acceptors (Lipinski definition) is 4. The summed E-state index contributed by atoms with van der Waals surface area (Å²) in [6.45, 7) is 3.27. The van der Waals surface area contributed by atoms with Gasteiger partial charge in [0.05, 0.1) is 24.1 Å². The van der Waals surface area contributed by atoms with Gasteiger partial charge in [-0.05, 0) is 45.1 Å². The number of guanidine groups is 1. The van der Waals surface area contributed by atoms with E-state index in [2.05, 4.69) is 20.5 Å². The Kier molecular flexibility index (Phi) is 9.63. The van der Waals surface area contributed by atoms with Crippen LogP contribution in [0, 0.1) is 0 Å². The van der Waals surface area contributed by atoms with Gasteiger partial charge in [-0.3, -0.25) is 4.99 Å². The predicted molar refractivity (Wildman–Crippen MR) is 119 cm³/mol. The maximum Gasteiger partial charge on any atom is 0.191 e. The minimum absolute atomic E-state index is 0. The maximum absolute atomic E-state index is 11.6. The van der Waals surface area contributed by atoms with Gasteiger partial charge >= 0.3 is 0 Å². The van der Waals surface area contributed by atoms with Crippen molar-refractivity contribution in [3.8, 4) is 0 Å². The molecule has 0 aliphatic carbocycles. The number of sulfone groups is 1. The standard InChI is InChI=1S/C17H27ClN4O2S.HI/c1-4-19-17(21-15-9-10-25(23,24)12-15)20-11-16(22(2)3)13-5-7-14(18)8-6-13;/h5-8,15-16H,4,9-12H2,1-3H3,(H2,19,20,21);1H. The van der Waals surface area contributed by atoms with Gasteiger partial charge < -0.3 is 15.5 Å². The summed E-state index contributed by atoms with van der Waals surface area (Å²) >= 11 is 5.97. The molecule has 2 unspecified atom stereocenters. The first kappa shape index (κ1) is 23.5. The second kappa shape index (κ2) is 10.7. The largest absolute Gasteiger partial charge is 0.357 e. The molecule has 1 aliphatic heterocycles. The smallest absolute Gasteiger partial charge is 0.191 e. The van der Waals surface area contributed by atoms with Gasteiger partial charge in [-0.15, -0.1) is 24.0 Å². The van der Waals surface area contributed by atoms with Crippen LogP contribution in [-0.2, 0) is 9.84 Å². The van der Waals surface area contributed by atoms with Gasteiger partial charge in [0.25, 0.3) is 0 Å². The third-order valence-corrected chi connectivity index (χ3v) is 6.24. The average Bonchev–Trinajstić information content (AvgIpc) is 2.88. The highest BCUT2D eigenvalue weighted by Gasteiger charge is 2.28. The van der Waals surface area contributed by atoms with E-state index in [9.17, 15) is 8.42 Å². The number of hydrogen-bond donors (Lipinski definition) is 2. The monoisotopic (exact) mass is 514 g/mol. The highest BCUT2D eigenvalue weighted by atomic mass is 127. The Bertz CT molecular complexity index is 695. The number of halogens is 2. The fourth-order valence-corrected chi connectivity index (χ4v) is 4.65. The minimum Gasteiger partial charge on any atom is -0.357 e. The molecule has 0 bridgehead atoms. The fourth-order valence-electron chi connectivity index (χ4n) is 2.85. The van der Waals surface area contributed by atoms with Crippen molar-refractivity contribution in [2.24, 2.45) is 4.99 Å². The minimum atomic E-state index is -2.91. The summed E-state index contributed by atoms with van der Waals surface area (Å²) in [7, 11) is 1.11. The molecule has 2 N–H and O–H groups in total. The summed E-state index contributed by atoms with van der Waals surface area (Å²) in [5.41, 5.74) is 1.14. The Morgan fingerprint density at radius 3 is 2.50 bits per heavy atom. The predicted octanol–water partition coefficient (Wildman–Crippen LogP) is 2.30. The fraction of sp³-hybridized carbons (Fsp3) is 0.588. The first-order chi connectivity index (χ1) is 11.8. The summed E-state index contributed by atoms with van der Waals surface area (Å²) in [5.74, 6) is 1.08. The molecule has 0 aromatic heterocycles. The molecule has 6 nitrogen and oxygen atoms in total. The Balaban J connectivity index is 0.00000338. The van der Waals surface area contributed by atoms with Crippen LogP contribution in [0.1, 0.15) is 24.9 Å². The number of benzene rings is 1. The SMILES string of the molecule is CCNC(=NCC(c1ccc(Cl)cc1)N(C)C)NC1CCS(=O)(=O)C1.I. The summed E-state index contributed by atoms with van der Waals surface area (Å²) in [4.78, 5) is 6.78. The summed E-state index contributed by atoms with van der Waals surface area (Å²) < 4.78 is 23.3. The highest BCUT2D eigenvalue weighted by Crippen LogP contribution is 2.21. The van der Waals surface area contributed by atoms with Gasteiger partial charge in [0.15, 0.2) is 15.8 Å². The zero-order valence-electron chi connectivity index (χ0n) is 15.4. The first-order valence-electron chi connectivity index (χ1n) is 8.48. The van der Waals surface area contributed by atoms with Crippen LogP contribution in [0.15, 0.2) is 29.3 Å². The normalized spacial score (nSPS) is 20.5. The van der Waals surface area contributed by atoms with Crippen LogP contribution in [-0.4, -0.2) is 64.0 Å². The maximum atomic E-state index is 11.6. The lowest BCUT2D eigenvalue weighted by molar-refractivity contribution is 0.306. The van der Waals surface area contributed by atoms with Crippen molar-refractivity contribution in [3.05, 3.63) is 34.9 Å². The van der Waals surface area contributed by atoms with Crippen molar-refractivity contribution < 1.29 is 8.42 Å². The Morgan fingerprint density at radius 1 is 1.35 bits per heavy atom. The first-order valence-corrected chi connectivity index (χ1v) is 10.7. The number of rotatable bonds is 6. The summed E-state index contributed by atoms with van der Waals surface area (Å²) in [6, 6.07) is 7.81. The zero-order chi connectivity index (χ0) is 18.4. The Morgan fingerprint density at radius 2 is 2.00 bits per heavy atom. The third-order valence-electron chi connectivity index (χ3n) is 4.22. The molecule has 0 saturated carbocycles. The van der Waals surface area contributed by atoms with Crippen molar-refractivity contribution in [3.63, 3.8) is 0 Å². The molecule has 2 atom stereocenters. The van der Waals surface area contributed by atoms with Gasteiger partial charge in [-0.25, -0.2) is 8.42 Å². The molecule has 1 fully saturated rings. The van der Waals surface area contributed by atoms with Crippen LogP contribution in [0.3, 0.4) is 0 Å². The molecule has 26 heavy (non-hydrogen) atoms. The van der Waals surface area contributed by atoms with Crippen molar-refractivity contribution in [1.29, 1.82) is 0 Å². The molecule has 1 saturated heterocycles. The third kappa shape index (κ3) is 7.21. The number of likely N-dealkylation sites (N-methyl/N-ethyl adjacent to an activating group) is 1. The van der Waals surface area contributed by atoms with Crippen LogP contribution in [0.4, 0.5) is 0 Å². The lowest BCUT2D eigenvalue weighted by Gasteiger charge is -2.24. The molecule has 9 heteroatoms. The van der Waals surface area contributed by atoms with E-state index in [1.54, 1.807) is 0 Å².